The third-order valence-corrected chi connectivity index (χ3v) is 6.00. The Kier molecular flexibility index (Phi) is 6.27. The van der Waals surface area contributed by atoms with Crippen LogP contribution in [0, 0.1) is 0 Å². The topological polar surface area (TPSA) is 61.4 Å². The van der Waals surface area contributed by atoms with Gasteiger partial charge in [0.25, 0.3) is 0 Å². The van der Waals surface area contributed by atoms with Crippen molar-refractivity contribution in [3.8, 4) is 11.4 Å². The maximum atomic E-state index is 11.7. The predicted octanol–water partition coefficient (Wildman–Crippen LogP) is 3.95. The highest BCUT2D eigenvalue weighted by atomic mass is 16.2. The van der Waals surface area contributed by atoms with Crippen LogP contribution in [0.15, 0.2) is 36.4 Å². The van der Waals surface area contributed by atoms with Crippen LogP contribution in [0.4, 0.5) is 11.6 Å². The van der Waals surface area contributed by atoms with Crippen molar-refractivity contribution < 1.29 is 4.79 Å². The van der Waals surface area contributed by atoms with Gasteiger partial charge < -0.3 is 15.1 Å². The quantitative estimate of drug-likeness (QED) is 0.797. The fraction of sp³-hybridized carbons (Fsp3) is 0.522. The lowest BCUT2D eigenvalue weighted by Gasteiger charge is -2.35. The Labute approximate surface area is 173 Å². The summed E-state index contributed by atoms with van der Waals surface area (Å²) in [6.07, 6.45) is 7.66. The second-order valence-electron chi connectivity index (χ2n) is 8.13. The number of nitrogens with one attached hydrogen (secondary N) is 1. The summed E-state index contributed by atoms with van der Waals surface area (Å²) in [6, 6.07) is 12.7. The fourth-order valence-electron chi connectivity index (χ4n) is 4.27. The van der Waals surface area contributed by atoms with Gasteiger partial charge in [-0.2, -0.15) is 0 Å². The zero-order chi connectivity index (χ0) is 20.1. The van der Waals surface area contributed by atoms with Crippen LogP contribution in [-0.4, -0.2) is 53.0 Å². The Balaban J connectivity index is 1.59. The molecule has 0 unspecified atom stereocenters. The van der Waals surface area contributed by atoms with E-state index >= 15 is 0 Å². The summed E-state index contributed by atoms with van der Waals surface area (Å²) in [7, 11) is 0. The van der Waals surface area contributed by atoms with E-state index in [-0.39, 0.29) is 5.91 Å². The first kappa shape index (κ1) is 19.7. The van der Waals surface area contributed by atoms with E-state index < -0.39 is 0 Å². The summed E-state index contributed by atoms with van der Waals surface area (Å²) in [6.45, 7) is 4.72. The minimum Gasteiger partial charge on any atom is -0.367 e. The van der Waals surface area contributed by atoms with E-state index in [9.17, 15) is 4.79 Å². The molecular weight excluding hydrogens is 362 g/mol. The maximum Gasteiger partial charge on any atom is 0.219 e. The minimum absolute atomic E-state index is 0.146. The number of carbonyl (C=O) groups is 1. The lowest BCUT2D eigenvalue weighted by Crippen LogP contribution is -2.48. The van der Waals surface area contributed by atoms with Crippen LogP contribution < -0.4 is 10.2 Å². The van der Waals surface area contributed by atoms with Gasteiger partial charge in [0.1, 0.15) is 11.6 Å². The van der Waals surface area contributed by atoms with Crippen LogP contribution in [0.3, 0.4) is 0 Å². The fourth-order valence-corrected chi connectivity index (χ4v) is 4.27. The molecule has 0 radical (unpaired) electrons. The standard InChI is InChI=1S/C23H31N5O/c1-18(29)27-13-15-28(16-14-27)22-17-21(24-20-11-7-2-3-8-12-20)25-23(26-22)19-9-5-4-6-10-19/h4-6,9-10,17,20H,2-3,7-8,11-16H2,1H3,(H,24,25,26). The average Bonchev–Trinajstić information content (AvgIpc) is 3.03. The van der Waals surface area contributed by atoms with E-state index in [4.69, 9.17) is 9.97 Å². The van der Waals surface area contributed by atoms with Crippen molar-refractivity contribution in [1.29, 1.82) is 0 Å². The van der Waals surface area contributed by atoms with Crippen LogP contribution in [0.2, 0.25) is 0 Å². The lowest BCUT2D eigenvalue weighted by atomic mass is 10.1. The van der Waals surface area contributed by atoms with Gasteiger partial charge in [-0.05, 0) is 12.8 Å². The number of carbonyl (C=O) groups excluding carboxylic acids is 1. The molecule has 2 aromatic rings. The first-order chi connectivity index (χ1) is 14.2. The Bertz CT molecular complexity index is 809. The molecule has 4 rings (SSSR count). The predicted molar refractivity (Wildman–Crippen MR) is 117 cm³/mol. The molecule has 1 N–H and O–H groups in total. The molecule has 1 amide bonds. The molecule has 6 nitrogen and oxygen atoms in total. The van der Waals surface area contributed by atoms with E-state index in [1.165, 1.54) is 38.5 Å². The van der Waals surface area contributed by atoms with Crippen LogP contribution in [-0.2, 0) is 4.79 Å². The number of piperazine rings is 1. The second kappa shape index (κ2) is 9.25. The number of aromatic nitrogens is 2. The molecule has 1 saturated carbocycles. The van der Waals surface area contributed by atoms with Crippen molar-refractivity contribution in [3.63, 3.8) is 0 Å². The molecule has 0 atom stereocenters. The van der Waals surface area contributed by atoms with Crippen molar-refractivity contribution in [1.82, 2.24) is 14.9 Å². The smallest absolute Gasteiger partial charge is 0.219 e. The zero-order valence-electron chi connectivity index (χ0n) is 17.3. The number of amides is 1. The van der Waals surface area contributed by atoms with Crippen LogP contribution in [0.5, 0.6) is 0 Å². The lowest BCUT2D eigenvalue weighted by molar-refractivity contribution is -0.129. The van der Waals surface area contributed by atoms with Crippen molar-refractivity contribution in [2.24, 2.45) is 0 Å². The van der Waals surface area contributed by atoms with Crippen molar-refractivity contribution in [2.75, 3.05) is 36.4 Å². The van der Waals surface area contributed by atoms with Gasteiger partial charge in [-0.25, -0.2) is 9.97 Å². The third-order valence-electron chi connectivity index (χ3n) is 6.00. The van der Waals surface area contributed by atoms with Gasteiger partial charge in [-0.1, -0.05) is 56.0 Å². The monoisotopic (exact) mass is 393 g/mol. The molecule has 1 aromatic carbocycles. The van der Waals surface area contributed by atoms with E-state index in [2.05, 4.69) is 28.4 Å². The summed E-state index contributed by atoms with van der Waals surface area (Å²) in [5, 5.41) is 3.70. The van der Waals surface area contributed by atoms with Crippen LogP contribution in [0.25, 0.3) is 11.4 Å². The third kappa shape index (κ3) is 5.05. The molecule has 0 spiro atoms. The van der Waals surface area contributed by atoms with Gasteiger partial charge >= 0.3 is 0 Å². The number of anilines is 2. The maximum absolute atomic E-state index is 11.7. The highest BCUT2D eigenvalue weighted by molar-refractivity contribution is 5.73. The number of benzene rings is 1. The highest BCUT2D eigenvalue weighted by Gasteiger charge is 2.21. The van der Waals surface area contributed by atoms with Gasteiger partial charge in [-0.15, -0.1) is 0 Å². The van der Waals surface area contributed by atoms with Crippen LogP contribution >= 0.6 is 0 Å². The van der Waals surface area contributed by atoms with Crippen LogP contribution in [0.1, 0.15) is 45.4 Å². The first-order valence-electron chi connectivity index (χ1n) is 10.9. The molecule has 2 fully saturated rings. The van der Waals surface area contributed by atoms with E-state index in [1.54, 1.807) is 6.92 Å². The van der Waals surface area contributed by atoms with Gasteiger partial charge in [0.15, 0.2) is 5.82 Å². The average molecular weight is 394 g/mol. The van der Waals surface area contributed by atoms with Gasteiger partial charge in [-0.3, -0.25) is 4.79 Å². The molecule has 29 heavy (non-hydrogen) atoms. The van der Waals surface area contributed by atoms with Gasteiger partial charge in [0.05, 0.1) is 0 Å². The normalized spacial score (nSPS) is 18.4. The molecule has 6 heteroatoms. The molecule has 1 aliphatic heterocycles. The molecular formula is C23H31N5O. The summed E-state index contributed by atoms with van der Waals surface area (Å²) in [5.74, 6) is 2.76. The summed E-state index contributed by atoms with van der Waals surface area (Å²) in [5.41, 5.74) is 1.03. The zero-order valence-corrected chi connectivity index (χ0v) is 17.3. The Hall–Kier alpha value is -2.63. The molecule has 2 heterocycles. The molecule has 1 aliphatic carbocycles. The molecule has 1 aromatic heterocycles. The Morgan fingerprint density at radius 3 is 2.31 bits per heavy atom. The summed E-state index contributed by atoms with van der Waals surface area (Å²) < 4.78 is 0. The highest BCUT2D eigenvalue weighted by Crippen LogP contribution is 2.26. The minimum atomic E-state index is 0.146. The number of hydrogen-bond donors (Lipinski definition) is 1. The SMILES string of the molecule is CC(=O)N1CCN(c2cc(NC3CCCCCC3)nc(-c3ccccc3)n2)CC1. The summed E-state index contributed by atoms with van der Waals surface area (Å²) in [4.78, 5) is 25.6. The van der Waals surface area contributed by atoms with E-state index in [1.807, 2.05) is 23.1 Å². The Morgan fingerprint density at radius 1 is 0.966 bits per heavy atom. The number of hydrogen-bond acceptors (Lipinski definition) is 5. The van der Waals surface area contributed by atoms with Gasteiger partial charge in [0.2, 0.25) is 5.91 Å². The Morgan fingerprint density at radius 2 is 1.66 bits per heavy atom. The van der Waals surface area contributed by atoms with E-state index in [0.29, 0.717) is 6.04 Å². The van der Waals surface area contributed by atoms with Crippen molar-refractivity contribution >= 4 is 17.5 Å². The molecule has 154 valence electrons. The van der Waals surface area contributed by atoms with E-state index in [0.717, 1.165) is 49.2 Å². The first-order valence-corrected chi connectivity index (χ1v) is 10.9. The summed E-state index contributed by atoms with van der Waals surface area (Å²) >= 11 is 0. The molecule has 1 saturated heterocycles. The number of nitrogens with zero attached hydrogens (tertiary/aromatic N) is 4. The molecule has 2 aliphatic rings. The van der Waals surface area contributed by atoms with Crippen molar-refractivity contribution in [2.45, 2.75) is 51.5 Å². The number of rotatable bonds is 4. The van der Waals surface area contributed by atoms with Gasteiger partial charge in [0, 0.05) is 50.8 Å². The van der Waals surface area contributed by atoms with Crippen molar-refractivity contribution in [3.05, 3.63) is 36.4 Å². The molecule has 0 bridgehead atoms. The largest absolute Gasteiger partial charge is 0.367 e. The second-order valence-corrected chi connectivity index (χ2v) is 8.13.